The van der Waals surface area contributed by atoms with Crippen molar-refractivity contribution in [1.29, 1.82) is 0 Å². The fourth-order valence-corrected chi connectivity index (χ4v) is 4.53. The average Bonchev–Trinajstić information content (AvgIpc) is 2.93. The Morgan fingerprint density at radius 3 is 2.39 bits per heavy atom. The van der Waals surface area contributed by atoms with E-state index in [1.807, 2.05) is 12.1 Å². The predicted molar refractivity (Wildman–Crippen MR) is 83.4 cm³/mol. The monoisotopic (exact) mass is 336 g/mol. The molecule has 0 bridgehead atoms. The molecule has 0 radical (unpaired) electrons. The number of hydrogen-bond acceptors (Lipinski definition) is 6. The maximum atomic E-state index is 11.2. The maximum absolute atomic E-state index is 11.2. The number of hydrogen-bond donors (Lipinski definition) is 0. The van der Waals surface area contributed by atoms with E-state index < -0.39 is 27.0 Å². The van der Waals surface area contributed by atoms with E-state index in [2.05, 4.69) is 0 Å². The number of carbonyl (C=O) groups is 2. The third-order valence-corrected chi connectivity index (χ3v) is 6.05. The van der Waals surface area contributed by atoms with Gasteiger partial charge in [0.15, 0.2) is 0 Å². The van der Waals surface area contributed by atoms with Gasteiger partial charge in [0, 0.05) is 37.4 Å². The molecule has 0 aromatic heterocycles. The lowest BCUT2D eigenvalue weighted by Gasteiger charge is -2.35. The third-order valence-electron chi connectivity index (χ3n) is 4.05. The molecule has 1 aliphatic carbocycles. The molecule has 3 rings (SSSR count). The van der Waals surface area contributed by atoms with E-state index in [0.29, 0.717) is 11.8 Å². The lowest BCUT2D eigenvalue weighted by Crippen LogP contribution is -2.42. The Hall–Kier alpha value is -1.86. The fraction of sp³-hybridized carbons (Fsp3) is 0.500. The van der Waals surface area contributed by atoms with E-state index >= 15 is 0 Å². The van der Waals surface area contributed by atoms with Crippen LogP contribution in [0.15, 0.2) is 18.2 Å². The molecule has 23 heavy (non-hydrogen) atoms. The quantitative estimate of drug-likeness (QED) is 0.778. The zero-order valence-corrected chi connectivity index (χ0v) is 14.4. The number of carbonyl (C=O) groups excluding carboxylic acids is 2. The van der Waals surface area contributed by atoms with E-state index in [4.69, 9.17) is 18.3 Å². The summed E-state index contributed by atoms with van der Waals surface area (Å²) in [5, 5.41) is 0.712. The topological polar surface area (TPSA) is 71.1 Å². The smallest absolute Gasteiger partial charge is 0.483 e. The largest absolute Gasteiger partial charge is 0.484 e. The molecule has 0 atom stereocenters. The molecule has 7 heteroatoms. The minimum atomic E-state index is -2.60. The normalized spacial score (nSPS) is 18.4. The number of ether oxygens (including phenoxy) is 2. The van der Waals surface area contributed by atoms with Crippen LogP contribution in [0.4, 0.5) is 0 Å². The van der Waals surface area contributed by atoms with Crippen LogP contribution in [0.25, 0.3) is 0 Å². The van der Waals surface area contributed by atoms with Gasteiger partial charge in [-0.25, -0.2) is 0 Å². The van der Waals surface area contributed by atoms with Crippen LogP contribution in [0.5, 0.6) is 5.75 Å². The summed E-state index contributed by atoms with van der Waals surface area (Å²) in [6.45, 7) is 3.06. The highest BCUT2D eigenvalue weighted by Gasteiger charge is 2.40. The van der Waals surface area contributed by atoms with Gasteiger partial charge in [-0.15, -0.1) is 0 Å². The van der Waals surface area contributed by atoms with E-state index in [1.165, 1.54) is 13.8 Å². The Balaban J connectivity index is 1.82. The van der Waals surface area contributed by atoms with E-state index in [0.717, 1.165) is 37.0 Å². The Morgan fingerprint density at radius 2 is 1.78 bits per heavy atom. The number of fused-ring (bicyclic) bond motifs is 1. The number of rotatable bonds is 3. The van der Waals surface area contributed by atoms with Crippen LogP contribution in [0, 0.1) is 0 Å². The summed E-state index contributed by atoms with van der Waals surface area (Å²) < 4.78 is 22.4. The van der Waals surface area contributed by atoms with Gasteiger partial charge in [0.25, 0.3) is 11.9 Å². The summed E-state index contributed by atoms with van der Waals surface area (Å²) in [6.07, 6.45) is 4.04. The van der Waals surface area contributed by atoms with Gasteiger partial charge in [0.1, 0.15) is 5.75 Å². The molecule has 124 valence electrons. The van der Waals surface area contributed by atoms with Crippen LogP contribution >= 0.6 is 0 Å². The van der Waals surface area contributed by atoms with Crippen molar-refractivity contribution in [2.45, 2.75) is 51.9 Å². The van der Waals surface area contributed by atoms with Crippen molar-refractivity contribution in [3.05, 3.63) is 23.8 Å². The molecule has 6 nitrogen and oxygen atoms in total. The molecule has 1 spiro atoms. The first-order valence-corrected chi connectivity index (χ1v) is 9.30. The van der Waals surface area contributed by atoms with Crippen LogP contribution in [0.3, 0.4) is 0 Å². The van der Waals surface area contributed by atoms with Gasteiger partial charge in [-0.3, -0.25) is 9.59 Å². The highest BCUT2D eigenvalue weighted by atomic mass is 28.3. The lowest BCUT2D eigenvalue weighted by molar-refractivity contribution is -0.200. The first kappa shape index (κ1) is 16.0. The molecule has 0 saturated heterocycles. The standard InChI is InChI=1S/C16H20O6Si/c1-11(17)21-23(22-12(2)18)14-5-6-15-13(9-14)10-19-16(20-15)7-3-4-8-16/h5-6,9,23H,3-4,7-8,10H2,1-2H3. The molecule has 0 unspecified atom stereocenters. The van der Waals surface area contributed by atoms with Gasteiger partial charge in [-0.05, 0) is 25.0 Å². The second-order valence-electron chi connectivity index (χ2n) is 5.93. The third kappa shape index (κ3) is 3.56. The van der Waals surface area contributed by atoms with Gasteiger partial charge in [-0.1, -0.05) is 6.07 Å². The second-order valence-corrected chi connectivity index (χ2v) is 7.73. The van der Waals surface area contributed by atoms with E-state index in [9.17, 15) is 9.59 Å². The zero-order chi connectivity index (χ0) is 16.4. The van der Waals surface area contributed by atoms with Crippen molar-refractivity contribution in [2.24, 2.45) is 0 Å². The van der Waals surface area contributed by atoms with Crippen LogP contribution in [0.2, 0.25) is 0 Å². The van der Waals surface area contributed by atoms with Crippen LogP contribution < -0.4 is 9.92 Å². The Kier molecular flexibility index (Phi) is 4.41. The van der Waals surface area contributed by atoms with Crippen LogP contribution in [-0.4, -0.2) is 27.0 Å². The molecule has 1 fully saturated rings. The summed E-state index contributed by atoms with van der Waals surface area (Å²) in [5.41, 5.74) is 0.886. The minimum Gasteiger partial charge on any atom is -0.484 e. The zero-order valence-electron chi connectivity index (χ0n) is 13.3. The molecule has 1 heterocycles. The van der Waals surface area contributed by atoms with Crippen LogP contribution in [0.1, 0.15) is 45.1 Å². The minimum absolute atomic E-state index is 0.449. The second kappa shape index (κ2) is 6.33. The first-order chi connectivity index (χ1) is 11.0. The molecule has 1 aromatic rings. The van der Waals surface area contributed by atoms with Gasteiger partial charge in [0.05, 0.1) is 6.61 Å². The van der Waals surface area contributed by atoms with Crippen molar-refractivity contribution < 1.29 is 27.9 Å². The Bertz CT molecular complexity index is 607. The molecule has 0 amide bonds. The summed E-state index contributed by atoms with van der Waals surface area (Å²) in [6, 6.07) is 5.50. The molecular formula is C16H20O6Si. The molecule has 1 saturated carbocycles. The molecule has 0 N–H and O–H groups in total. The van der Waals surface area contributed by atoms with Gasteiger partial charge in [0.2, 0.25) is 5.79 Å². The molecule has 2 aliphatic rings. The molecular weight excluding hydrogens is 316 g/mol. The van der Waals surface area contributed by atoms with Crippen molar-refractivity contribution in [2.75, 3.05) is 0 Å². The predicted octanol–water partition coefficient (Wildman–Crippen LogP) is 1.42. The highest BCUT2D eigenvalue weighted by molar-refractivity contribution is 6.64. The van der Waals surface area contributed by atoms with Crippen molar-refractivity contribution in [3.8, 4) is 5.75 Å². The Labute approximate surface area is 136 Å². The maximum Gasteiger partial charge on any atom is 0.483 e. The SMILES string of the molecule is CC(=O)O[SiH](OC(C)=O)c1ccc2c(c1)COC1(CCCC1)O2. The Morgan fingerprint density at radius 1 is 1.13 bits per heavy atom. The molecule has 1 aliphatic heterocycles. The highest BCUT2D eigenvalue weighted by Crippen LogP contribution is 2.40. The van der Waals surface area contributed by atoms with E-state index in [-0.39, 0.29) is 0 Å². The fourth-order valence-electron chi connectivity index (χ4n) is 3.02. The molecule has 1 aromatic carbocycles. The van der Waals surface area contributed by atoms with E-state index in [1.54, 1.807) is 6.07 Å². The van der Waals surface area contributed by atoms with Crippen molar-refractivity contribution in [1.82, 2.24) is 0 Å². The lowest BCUT2D eigenvalue weighted by atomic mass is 10.1. The van der Waals surface area contributed by atoms with Crippen molar-refractivity contribution >= 4 is 26.4 Å². The summed E-state index contributed by atoms with van der Waals surface area (Å²) in [7, 11) is -2.60. The van der Waals surface area contributed by atoms with Gasteiger partial charge < -0.3 is 18.3 Å². The summed E-state index contributed by atoms with van der Waals surface area (Å²) in [5.74, 6) is -0.603. The van der Waals surface area contributed by atoms with Crippen molar-refractivity contribution in [3.63, 3.8) is 0 Å². The first-order valence-electron chi connectivity index (χ1n) is 7.78. The van der Waals surface area contributed by atoms with Gasteiger partial charge >= 0.3 is 9.28 Å². The number of benzene rings is 1. The average molecular weight is 336 g/mol. The summed E-state index contributed by atoms with van der Waals surface area (Å²) >= 11 is 0. The van der Waals surface area contributed by atoms with Gasteiger partial charge in [-0.2, -0.15) is 0 Å². The van der Waals surface area contributed by atoms with Crippen LogP contribution in [-0.2, 0) is 29.8 Å². The summed E-state index contributed by atoms with van der Waals surface area (Å²) in [4.78, 5) is 22.5.